The predicted molar refractivity (Wildman–Crippen MR) is 123 cm³/mol. The molecule has 0 unspecified atom stereocenters. The number of halogens is 1. The quantitative estimate of drug-likeness (QED) is 0.441. The van der Waals surface area contributed by atoms with Crippen LogP contribution in [0.1, 0.15) is 44.0 Å². The lowest BCUT2D eigenvalue weighted by Crippen LogP contribution is -2.15. The molecular weight excluding hydrogens is 460 g/mol. The number of anilines is 1. The van der Waals surface area contributed by atoms with E-state index in [9.17, 15) is 4.79 Å². The number of ether oxygens (including phenoxy) is 2. The van der Waals surface area contributed by atoms with E-state index in [2.05, 4.69) is 36.4 Å². The van der Waals surface area contributed by atoms with Gasteiger partial charge in [0.2, 0.25) is 5.91 Å². The molecule has 1 aliphatic carbocycles. The molecule has 2 aromatic carbocycles. The third-order valence-electron chi connectivity index (χ3n) is 4.96. The molecule has 2 N–H and O–H groups in total. The molecule has 0 spiro atoms. The van der Waals surface area contributed by atoms with Gasteiger partial charge >= 0.3 is 0 Å². The van der Waals surface area contributed by atoms with Gasteiger partial charge in [-0.2, -0.15) is 5.10 Å². The second kappa shape index (κ2) is 9.51. The summed E-state index contributed by atoms with van der Waals surface area (Å²) in [4.78, 5) is 17.2. The zero-order valence-corrected chi connectivity index (χ0v) is 19.2. The van der Waals surface area contributed by atoms with Crippen LogP contribution in [0.25, 0.3) is 11.4 Å². The Morgan fingerprint density at radius 3 is 2.45 bits per heavy atom. The number of aromatic nitrogens is 3. The van der Waals surface area contributed by atoms with Crippen molar-refractivity contribution in [2.75, 3.05) is 18.5 Å². The first-order chi connectivity index (χ1) is 15.1. The molecule has 0 atom stereocenters. The van der Waals surface area contributed by atoms with Crippen LogP contribution in [0.3, 0.4) is 0 Å². The minimum Gasteiger partial charge on any atom is -0.490 e. The average molecular weight is 485 g/mol. The lowest BCUT2D eigenvalue weighted by Gasteiger charge is -2.14. The Morgan fingerprint density at radius 1 is 1.13 bits per heavy atom. The molecule has 7 nitrogen and oxygen atoms in total. The largest absolute Gasteiger partial charge is 0.490 e. The summed E-state index contributed by atoms with van der Waals surface area (Å²) in [5.74, 6) is 3.35. The fraction of sp³-hybridized carbons (Fsp3) is 0.348. The SMILES string of the molecule is CCOc1cc(Br)c(CC(=O)Nc2ccc(-c3n[nH]c(C4CC4)n3)cc2)cc1OCC. The number of hydrogen-bond acceptors (Lipinski definition) is 5. The summed E-state index contributed by atoms with van der Waals surface area (Å²) in [7, 11) is 0. The van der Waals surface area contributed by atoms with Gasteiger partial charge in [-0.05, 0) is 68.7 Å². The van der Waals surface area contributed by atoms with Crippen LogP contribution >= 0.6 is 15.9 Å². The molecule has 4 rings (SSSR count). The molecule has 1 amide bonds. The van der Waals surface area contributed by atoms with Gasteiger partial charge in [-0.3, -0.25) is 9.89 Å². The second-order valence-corrected chi connectivity index (χ2v) is 8.23. The minimum absolute atomic E-state index is 0.117. The van der Waals surface area contributed by atoms with Crippen LogP contribution in [0, 0.1) is 0 Å². The van der Waals surface area contributed by atoms with Crippen LogP contribution in [-0.4, -0.2) is 34.3 Å². The van der Waals surface area contributed by atoms with Crippen molar-refractivity contribution >= 4 is 27.5 Å². The highest BCUT2D eigenvalue weighted by Crippen LogP contribution is 2.38. The number of rotatable bonds is 9. The van der Waals surface area contributed by atoms with Crippen molar-refractivity contribution in [1.82, 2.24) is 15.2 Å². The third kappa shape index (κ3) is 5.25. The molecule has 1 fully saturated rings. The Morgan fingerprint density at radius 2 is 1.81 bits per heavy atom. The maximum Gasteiger partial charge on any atom is 0.228 e. The van der Waals surface area contributed by atoms with E-state index < -0.39 is 0 Å². The highest BCUT2D eigenvalue weighted by atomic mass is 79.9. The molecule has 8 heteroatoms. The van der Waals surface area contributed by atoms with Crippen molar-refractivity contribution in [3.8, 4) is 22.9 Å². The van der Waals surface area contributed by atoms with Gasteiger partial charge in [0.05, 0.1) is 19.6 Å². The maximum absolute atomic E-state index is 12.6. The lowest BCUT2D eigenvalue weighted by molar-refractivity contribution is -0.115. The molecule has 0 saturated heterocycles. The predicted octanol–water partition coefficient (Wildman–Crippen LogP) is 5.09. The highest BCUT2D eigenvalue weighted by Gasteiger charge is 2.27. The first kappa shape index (κ1) is 21.4. The number of carbonyl (C=O) groups is 1. The number of carbonyl (C=O) groups excluding carboxylic acids is 1. The number of nitrogens with one attached hydrogen (secondary N) is 2. The average Bonchev–Trinajstić information content (AvgIpc) is 3.49. The number of benzene rings is 2. The summed E-state index contributed by atoms with van der Waals surface area (Å²) in [6.07, 6.45) is 2.56. The Kier molecular flexibility index (Phi) is 6.56. The Balaban J connectivity index is 1.41. The van der Waals surface area contributed by atoms with Crippen LogP contribution in [0.4, 0.5) is 5.69 Å². The molecule has 0 radical (unpaired) electrons. The normalized spacial score (nSPS) is 13.1. The number of H-pyrrole nitrogens is 1. The van der Waals surface area contributed by atoms with Crippen LogP contribution in [0.15, 0.2) is 40.9 Å². The molecule has 1 heterocycles. The van der Waals surface area contributed by atoms with Crippen molar-refractivity contribution in [2.24, 2.45) is 0 Å². The van der Waals surface area contributed by atoms with E-state index in [0.29, 0.717) is 36.5 Å². The number of nitrogens with zero attached hydrogens (tertiary/aromatic N) is 2. The molecule has 162 valence electrons. The summed E-state index contributed by atoms with van der Waals surface area (Å²) >= 11 is 3.54. The molecular formula is C23H25BrN4O3. The van der Waals surface area contributed by atoms with E-state index in [1.807, 2.05) is 50.2 Å². The highest BCUT2D eigenvalue weighted by molar-refractivity contribution is 9.10. The topological polar surface area (TPSA) is 89.1 Å². The molecule has 0 bridgehead atoms. The van der Waals surface area contributed by atoms with E-state index in [1.54, 1.807) is 0 Å². The van der Waals surface area contributed by atoms with Gasteiger partial charge in [0, 0.05) is 21.6 Å². The van der Waals surface area contributed by atoms with E-state index in [-0.39, 0.29) is 12.3 Å². The second-order valence-electron chi connectivity index (χ2n) is 7.38. The van der Waals surface area contributed by atoms with Crippen molar-refractivity contribution in [2.45, 2.75) is 39.0 Å². The number of hydrogen-bond donors (Lipinski definition) is 2. The third-order valence-corrected chi connectivity index (χ3v) is 5.70. The van der Waals surface area contributed by atoms with E-state index in [0.717, 1.165) is 27.1 Å². The Bertz CT molecular complexity index is 1060. The van der Waals surface area contributed by atoms with Gasteiger partial charge in [0.15, 0.2) is 17.3 Å². The van der Waals surface area contributed by atoms with Gasteiger partial charge in [-0.1, -0.05) is 15.9 Å². The van der Waals surface area contributed by atoms with Crippen molar-refractivity contribution in [3.63, 3.8) is 0 Å². The fourth-order valence-corrected chi connectivity index (χ4v) is 3.74. The van der Waals surface area contributed by atoms with E-state index >= 15 is 0 Å². The van der Waals surface area contributed by atoms with Gasteiger partial charge < -0.3 is 14.8 Å². The monoisotopic (exact) mass is 484 g/mol. The Labute approximate surface area is 189 Å². The number of amides is 1. The molecule has 1 aromatic heterocycles. The molecule has 1 aliphatic rings. The summed E-state index contributed by atoms with van der Waals surface area (Å²) in [5.41, 5.74) is 2.46. The molecule has 31 heavy (non-hydrogen) atoms. The summed E-state index contributed by atoms with van der Waals surface area (Å²) in [5, 5.41) is 10.3. The van der Waals surface area contributed by atoms with E-state index in [1.165, 1.54) is 12.8 Å². The van der Waals surface area contributed by atoms with Crippen LogP contribution in [0.2, 0.25) is 0 Å². The minimum atomic E-state index is -0.117. The van der Waals surface area contributed by atoms with Crippen LogP contribution < -0.4 is 14.8 Å². The van der Waals surface area contributed by atoms with Crippen molar-refractivity contribution < 1.29 is 14.3 Å². The van der Waals surface area contributed by atoms with Gasteiger partial charge in [0.1, 0.15) is 5.82 Å². The Hall–Kier alpha value is -2.87. The summed E-state index contributed by atoms with van der Waals surface area (Å²) in [6, 6.07) is 11.2. The van der Waals surface area contributed by atoms with E-state index in [4.69, 9.17) is 9.47 Å². The zero-order chi connectivity index (χ0) is 21.8. The summed E-state index contributed by atoms with van der Waals surface area (Å²) < 4.78 is 12.1. The van der Waals surface area contributed by atoms with Gasteiger partial charge in [0.25, 0.3) is 0 Å². The van der Waals surface area contributed by atoms with Gasteiger partial charge in [-0.25, -0.2) is 4.98 Å². The van der Waals surface area contributed by atoms with Crippen LogP contribution in [-0.2, 0) is 11.2 Å². The number of aromatic amines is 1. The van der Waals surface area contributed by atoms with Gasteiger partial charge in [-0.15, -0.1) is 0 Å². The lowest BCUT2D eigenvalue weighted by atomic mass is 10.1. The maximum atomic E-state index is 12.6. The van der Waals surface area contributed by atoms with Crippen molar-refractivity contribution in [3.05, 3.63) is 52.3 Å². The van der Waals surface area contributed by atoms with Crippen LogP contribution in [0.5, 0.6) is 11.5 Å². The smallest absolute Gasteiger partial charge is 0.228 e. The first-order valence-electron chi connectivity index (χ1n) is 10.5. The van der Waals surface area contributed by atoms with Crippen molar-refractivity contribution in [1.29, 1.82) is 0 Å². The molecule has 3 aromatic rings. The standard InChI is InChI=1S/C23H25BrN4O3/c1-3-30-19-11-16(18(24)13-20(19)31-4-2)12-21(29)25-17-9-7-15(8-10-17)23-26-22(27-28-23)14-5-6-14/h7-11,13-14H,3-6,12H2,1-2H3,(H,25,29)(H,26,27,28). The summed E-state index contributed by atoms with van der Waals surface area (Å²) in [6.45, 7) is 4.90. The fourth-order valence-electron chi connectivity index (χ4n) is 3.27. The zero-order valence-electron chi connectivity index (χ0n) is 17.6. The molecule has 0 aliphatic heterocycles. The first-order valence-corrected chi connectivity index (χ1v) is 11.3. The molecule has 1 saturated carbocycles.